The Hall–Kier alpha value is -1.46. The van der Waals surface area contributed by atoms with E-state index < -0.39 is 24.3 Å². The zero-order chi connectivity index (χ0) is 11.0. The SMILES string of the molecule is NC(CO)c1c(F)cc(F)c2occc12. The minimum absolute atomic E-state index is 0.0460. The molecule has 15 heavy (non-hydrogen) atoms. The average molecular weight is 213 g/mol. The second kappa shape index (κ2) is 3.60. The molecule has 1 heterocycles. The summed E-state index contributed by atoms with van der Waals surface area (Å²) >= 11 is 0. The quantitative estimate of drug-likeness (QED) is 0.798. The van der Waals surface area contributed by atoms with Crippen LogP contribution in [0.5, 0.6) is 0 Å². The number of aliphatic hydroxyl groups is 1. The summed E-state index contributed by atoms with van der Waals surface area (Å²) in [5, 5.41) is 9.12. The van der Waals surface area contributed by atoms with Crippen molar-refractivity contribution in [2.75, 3.05) is 6.61 Å². The zero-order valence-corrected chi connectivity index (χ0v) is 7.71. The summed E-state index contributed by atoms with van der Waals surface area (Å²) in [4.78, 5) is 0. The number of hydrogen-bond acceptors (Lipinski definition) is 3. The van der Waals surface area contributed by atoms with Crippen molar-refractivity contribution < 1.29 is 18.3 Å². The molecule has 0 radical (unpaired) electrons. The number of fused-ring (bicyclic) bond motifs is 1. The van der Waals surface area contributed by atoms with E-state index in [-0.39, 0.29) is 16.5 Å². The third kappa shape index (κ3) is 1.49. The Morgan fingerprint density at radius 3 is 2.80 bits per heavy atom. The molecule has 0 saturated heterocycles. The van der Waals surface area contributed by atoms with Crippen LogP contribution in [0.4, 0.5) is 8.78 Å². The smallest absolute Gasteiger partial charge is 0.170 e. The number of hydrogen-bond donors (Lipinski definition) is 2. The third-order valence-electron chi connectivity index (χ3n) is 2.25. The first kappa shape index (κ1) is 10.1. The van der Waals surface area contributed by atoms with Crippen molar-refractivity contribution in [3.63, 3.8) is 0 Å². The Kier molecular flexibility index (Phi) is 2.42. The van der Waals surface area contributed by atoms with Crippen LogP contribution in [0, 0.1) is 11.6 Å². The maximum absolute atomic E-state index is 13.4. The first-order valence-electron chi connectivity index (χ1n) is 4.36. The molecule has 3 nitrogen and oxygen atoms in total. The van der Waals surface area contributed by atoms with Crippen LogP contribution in [-0.4, -0.2) is 11.7 Å². The van der Waals surface area contributed by atoms with Crippen LogP contribution in [0.3, 0.4) is 0 Å². The van der Waals surface area contributed by atoms with Crippen molar-refractivity contribution in [2.24, 2.45) is 5.73 Å². The lowest BCUT2D eigenvalue weighted by molar-refractivity contribution is 0.266. The van der Waals surface area contributed by atoms with Crippen molar-refractivity contribution in [3.05, 3.63) is 35.6 Å². The Labute approximate surface area is 84.1 Å². The first-order chi connectivity index (χ1) is 7.15. The number of halogens is 2. The largest absolute Gasteiger partial charge is 0.461 e. The summed E-state index contributed by atoms with van der Waals surface area (Å²) in [5.74, 6) is -1.55. The highest BCUT2D eigenvalue weighted by molar-refractivity contribution is 5.82. The Bertz CT molecular complexity index is 495. The van der Waals surface area contributed by atoms with Crippen molar-refractivity contribution in [1.82, 2.24) is 0 Å². The third-order valence-corrected chi connectivity index (χ3v) is 2.25. The Morgan fingerprint density at radius 1 is 1.40 bits per heavy atom. The fourth-order valence-corrected chi connectivity index (χ4v) is 1.56. The Morgan fingerprint density at radius 2 is 2.13 bits per heavy atom. The fraction of sp³-hybridized carbons (Fsp3) is 0.200. The van der Waals surface area contributed by atoms with Gasteiger partial charge < -0.3 is 15.3 Å². The monoisotopic (exact) mass is 213 g/mol. The number of benzene rings is 1. The van der Waals surface area contributed by atoms with Crippen molar-refractivity contribution >= 4 is 11.0 Å². The molecule has 0 aliphatic heterocycles. The number of rotatable bonds is 2. The van der Waals surface area contributed by atoms with Crippen LogP contribution in [0.15, 0.2) is 22.8 Å². The van der Waals surface area contributed by atoms with E-state index in [1.807, 2.05) is 0 Å². The van der Waals surface area contributed by atoms with Gasteiger partial charge in [0.2, 0.25) is 0 Å². The molecule has 1 aromatic carbocycles. The topological polar surface area (TPSA) is 59.4 Å². The standard InChI is InChI=1S/C10H9F2NO2/c11-6-3-7(12)10-5(1-2-15-10)9(6)8(13)4-14/h1-3,8,14H,4,13H2. The maximum Gasteiger partial charge on any atom is 0.170 e. The van der Waals surface area contributed by atoms with Crippen LogP contribution in [-0.2, 0) is 0 Å². The summed E-state index contributed by atoms with van der Waals surface area (Å²) < 4.78 is 31.5. The molecule has 3 N–H and O–H groups in total. The molecular weight excluding hydrogens is 204 g/mol. The van der Waals surface area contributed by atoms with E-state index >= 15 is 0 Å². The van der Waals surface area contributed by atoms with Gasteiger partial charge in [0.1, 0.15) is 5.82 Å². The van der Waals surface area contributed by atoms with Gasteiger partial charge in [-0.2, -0.15) is 0 Å². The van der Waals surface area contributed by atoms with Gasteiger partial charge in [-0.1, -0.05) is 0 Å². The molecule has 0 amide bonds. The van der Waals surface area contributed by atoms with Crippen molar-refractivity contribution in [3.8, 4) is 0 Å². The van der Waals surface area contributed by atoms with Gasteiger partial charge in [0.05, 0.1) is 18.9 Å². The van der Waals surface area contributed by atoms with Crippen LogP contribution in [0.1, 0.15) is 11.6 Å². The summed E-state index contributed by atoms with van der Waals surface area (Å²) in [6.45, 7) is -0.414. The molecule has 1 unspecified atom stereocenters. The van der Waals surface area contributed by atoms with Gasteiger partial charge in [-0.15, -0.1) is 0 Å². The molecule has 0 aliphatic rings. The molecule has 1 aromatic heterocycles. The van der Waals surface area contributed by atoms with Crippen molar-refractivity contribution in [1.29, 1.82) is 0 Å². The molecule has 80 valence electrons. The van der Waals surface area contributed by atoms with Crippen LogP contribution in [0.25, 0.3) is 11.0 Å². The summed E-state index contributed by atoms with van der Waals surface area (Å²) in [7, 11) is 0. The molecule has 0 saturated carbocycles. The second-order valence-corrected chi connectivity index (χ2v) is 3.21. The number of furan rings is 1. The van der Waals surface area contributed by atoms with Crippen LogP contribution in [0.2, 0.25) is 0 Å². The van der Waals surface area contributed by atoms with E-state index in [0.29, 0.717) is 6.07 Å². The molecule has 0 fully saturated rings. The maximum atomic E-state index is 13.4. The van der Waals surface area contributed by atoms with E-state index in [2.05, 4.69) is 0 Å². The summed E-state index contributed by atoms with van der Waals surface area (Å²) in [5.41, 5.74) is 5.54. The highest BCUT2D eigenvalue weighted by Gasteiger charge is 2.19. The van der Waals surface area contributed by atoms with Gasteiger partial charge in [0.25, 0.3) is 0 Å². The summed E-state index contributed by atoms with van der Waals surface area (Å²) in [6.07, 6.45) is 1.25. The van der Waals surface area contributed by atoms with Gasteiger partial charge in [-0.25, -0.2) is 8.78 Å². The molecule has 2 rings (SSSR count). The number of nitrogens with two attached hydrogens (primary N) is 1. The van der Waals surface area contributed by atoms with Gasteiger partial charge in [-0.05, 0) is 6.07 Å². The van der Waals surface area contributed by atoms with E-state index in [1.54, 1.807) is 0 Å². The molecule has 0 bridgehead atoms. The average Bonchev–Trinajstić information content (AvgIpc) is 2.66. The van der Waals surface area contributed by atoms with Crippen LogP contribution >= 0.6 is 0 Å². The molecule has 0 aliphatic carbocycles. The minimum atomic E-state index is -0.884. The van der Waals surface area contributed by atoms with Gasteiger partial charge in [-0.3, -0.25) is 0 Å². The fourth-order valence-electron chi connectivity index (χ4n) is 1.56. The predicted molar refractivity (Wildman–Crippen MR) is 50.1 cm³/mol. The first-order valence-corrected chi connectivity index (χ1v) is 4.36. The molecule has 0 spiro atoms. The van der Waals surface area contributed by atoms with Gasteiger partial charge >= 0.3 is 0 Å². The molecule has 5 heteroatoms. The molecule has 1 atom stereocenters. The lowest BCUT2D eigenvalue weighted by Gasteiger charge is -2.10. The highest BCUT2D eigenvalue weighted by atomic mass is 19.1. The van der Waals surface area contributed by atoms with E-state index in [1.165, 1.54) is 12.3 Å². The van der Waals surface area contributed by atoms with E-state index in [4.69, 9.17) is 15.3 Å². The predicted octanol–water partition coefficient (Wildman–Crippen LogP) is 1.70. The van der Waals surface area contributed by atoms with E-state index in [9.17, 15) is 8.78 Å². The highest BCUT2D eigenvalue weighted by Crippen LogP contribution is 2.29. The lowest BCUT2D eigenvalue weighted by Crippen LogP contribution is -2.16. The zero-order valence-electron chi connectivity index (χ0n) is 7.71. The minimum Gasteiger partial charge on any atom is -0.461 e. The van der Waals surface area contributed by atoms with E-state index in [0.717, 1.165) is 0 Å². The van der Waals surface area contributed by atoms with Gasteiger partial charge in [0, 0.05) is 17.0 Å². The number of aliphatic hydroxyl groups excluding tert-OH is 1. The van der Waals surface area contributed by atoms with Crippen LogP contribution < -0.4 is 5.73 Å². The van der Waals surface area contributed by atoms with Crippen molar-refractivity contribution in [2.45, 2.75) is 6.04 Å². The summed E-state index contributed by atoms with van der Waals surface area (Å²) in [6, 6.07) is 1.24. The Balaban J connectivity index is 2.76. The van der Waals surface area contributed by atoms with Gasteiger partial charge in [0.15, 0.2) is 11.4 Å². The second-order valence-electron chi connectivity index (χ2n) is 3.21. The molecular formula is C10H9F2NO2. The normalized spacial score (nSPS) is 13.3. The lowest BCUT2D eigenvalue weighted by atomic mass is 10.0. The molecule has 2 aromatic rings.